The van der Waals surface area contributed by atoms with Crippen LogP contribution in [0.1, 0.15) is 11.3 Å². The molecule has 0 saturated heterocycles. The average molecular weight is 312 g/mol. The molecular weight excluding hydrogens is 294 g/mol. The van der Waals surface area contributed by atoms with Crippen LogP contribution in [0.15, 0.2) is 44.7 Å². The summed E-state index contributed by atoms with van der Waals surface area (Å²) in [6.45, 7) is 4.29. The van der Waals surface area contributed by atoms with Crippen LogP contribution in [0.25, 0.3) is 0 Å². The van der Waals surface area contributed by atoms with Gasteiger partial charge in [-0.2, -0.15) is 0 Å². The van der Waals surface area contributed by atoms with Gasteiger partial charge in [-0.25, -0.2) is 0 Å². The van der Waals surface area contributed by atoms with Crippen molar-refractivity contribution >= 4 is 23.4 Å². The van der Waals surface area contributed by atoms with Crippen molar-refractivity contribution in [1.29, 1.82) is 0 Å². The topological polar surface area (TPSA) is 34.4 Å². The van der Waals surface area contributed by atoms with Crippen molar-refractivity contribution in [3.8, 4) is 0 Å². The van der Waals surface area contributed by atoms with Crippen molar-refractivity contribution in [1.82, 2.24) is 5.32 Å². The summed E-state index contributed by atoms with van der Waals surface area (Å²) in [5.74, 6) is 0.924. The molecule has 0 fully saturated rings. The van der Waals surface area contributed by atoms with Crippen LogP contribution in [-0.2, 0) is 11.3 Å². The first-order valence-corrected chi connectivity index (χ1v) is 7.60. The molecule has 0 atom stereocenters. The van der Waals surface area contributed by atoms with E-state index in [-0.39, 0.29) is 0 Å². The number of nitrogens with one attached hydrogen (secondary N) is 1. The predicted octanol–water partition coefficient (Wildman–Crippen LogP) is 4.13. The van der Waals surface area contributed by atoms with Gasteiger partial charge in [0.05, 0.1) is 17.8 Å². The Morgan fingerprint density at radius 3 is 2.85 bits per heavy atom. The van der Waals surface area contributed by atoms with E-state index < -0.39 is 0 Å². The normalized spacial score (nSPS) is 10.9. The third-order valence-electron chi connectivity index (χ3n) is 2.86. The molecule has 0 radical (unpaired) electrons. The van der Waals surface area contributed by atoms with Gasteiger partial charge in [-0.15, -0.1) is 0 Å². The van der Waals surface area contributed by atoms with Crippen LogP contribution in [0.5, 0.6) is 0 Å². The van der Waals surface area contributed by atoms with E-state index in [1.165, 1.54) is 5.56 Å². The zero-order chi connectivity index (χ0) is 14.4. The van der Waals surface area contributed by atoms with Gasteiger partial charge in [-0.1, -0.05) is 29.4 Å². The second-order valence-corrected chi connectivity index (χ2v) is 5.88. The number of ether oxygens (including phenoxy) is 1. The Hall–Kier alpha value is -0.940. The fraction of sp³-hybridized carbons (Fsp3) is 0.333. The van der Waals surface area contributed by atoms with E-state index >= 15 is 0 Å². The van der Waals surface area contributed by atoms with Crippen molar-refractivity contribution in [2.75, 3.05) is 20.3 Å². The first kappa shape index (κ1) is 15.4. The van der Waals surface area contributed by atoms with Crippen molar-refractivity contribution in [2.45, 2.75) is 23.3 Å². The van der Waals surface area contributed by atoms with Gasteiger partial charge in [0.1, 0.15) is 5.76 Å². The molecule has 0 bridgehead atoms. The molecule has 1 aromatic heterocycles. The fourth-order valence-corrected chi connectivity index (χ4v) is 3.01. The number of hydrogen-bond donors (Lipinski definition) is 1. The smallest absolute Gasteiger partial charge is 0.114 e. The first-order valence-electron chi connectivity index (χ1n) is 6.40. The Morgan fingerprint density at radius 1 is 1.30 bits per heavy atom. The number of benzene rings is 1. The van der Waals surface area contributed by atoms with E-state index in [9.17, 15) is 0 Å². The summed E-state index contributed by atoms with van der Waals surface area (Å²) in [7, 11) is 1.70. The van der Waals surface area contributed by atoms with Crippen LogP contribution in [0.4, 0.5) is 0 Å². The number of rotatable bonds is 7. The zero-order valence-electron chi connectivity index (χ0n) is 11.6. The molecule has 2 aromatic rings. The molecule has 1 heterocycles. The van der Waals surface area contributed by atoms with Crippen LogP contribution < -0.4 is 5.32 Å². The van der Waals surface area contributed by atoms with Crippen LogP contribution in [-0.4, -0.2) is 20.3 Å². The molecule has 20 heavy (non-hydrogen) atoms. The molecule has 0 aliphatic heterocycles. The van der Waals surface area contributed by atoms with E-state index in [1.54, 1.807) is 25.1 Å². The van der Waals surface area contributed by atoms with Gasteiger partial charge in [0.15, 0.2) is 0 Å². The average Bonchev–Trinajstić information content (AvgIpc) is 2.82. The van der Waals surface area contributed by atoms with Crippen molar-refractivity contribution in [3.63, 3.8) is 0 Å². The highest BCUT2D eigenvalue weighted by Gasteiger charge is 2.09. The van der Waals surface area contributed by atoms with Crippen molar-refractivity contribution < 1.29 is 9.15 Å². The van der Waals surface area contributed by atoms with Crippen LogP contribution in [0.3, 0.4) is 0 Å². The molecule has 0 spiro atoms. The fourth-order valence-electron chi connectivity index (χ4n) is 1.76. The third-order valence-corrected chi connectivity index (χ3v) is 4.34. The lowest BCUT2D eigenvalue weighted by atomic mass is 10.2. The highest BCUT2D eigenvalue weighted by atomic mass is 35.5. The molecule has 0 saturated carbocycles. The van der Waals surface area contributed by atoms with Crippen LogP contribution >= 0.6 is 23.4 Å². The van der Waals surface area contributed by atoms with Crippen LogP contribution in [0, 0.1) is 6.92 Å². The monoisotopic (exact) mass is 311 g/mol. The number of halogens is 1. The van der Waals surface area contributed by atoms with Gasteiger partial charge in [0, 0.05) is 30.1 Å². The van der Waals surface area contributed by atoms with Gasteiger partial charge in [-0.05, 0) is 30.7 Å². The summed E-state index contributed by atoms with van der Waals surface area (Å²) in [4.78, 5) is 2.26. The maximum absolute atomic E-state index is 6.10. The Bertz CT molecular complexity index is 557. The standard InChI is InChI=1S/C15H18ClNO2S/c1-11-14(5-7-19-11)20-15-9-13(16)4-3-12(15)10-17-6-8-18-2/h3-5,7,9,17H,6,8,10H2,1-2H3. The van der Waals surface area contributed by atoms with E-state index in [4.69, 9.17) is 20.8 Å². The summed E-state index contributed by atoms with van der Waals surface area (Å²) in [6, 6.07) is 7.94. The van der Waals surface area contributed by atoms with E-state index in [0.717, 1.165) is 33.7 Å². The van der Waals surface area contributed by atoms with Crippen LogP contribution in [0.2, 0.25) is 5.02 Å². The van der Waals surface area contributed by atoms with E-state index in [1.807, 2.05) is 25.1 Å². The Morgan fingerprint density at radius 2 is 2.15 bits per heavy atom. The van der Waals surface area contributed by atoms with E-state index in [0.29, 0.717) is 6.61 Å². The molecule has 0 aliphatic carbocycles. The lowest BCUT2D eigenvalue weighted by Crippen LogP contribution is -2.18. The third kappa shape index (κ3) is 4.28. The molecule has 1 N–H and O–H groups in total. The minimum absolute atomic E-state index is 0.705. The molecule has 108 valence electrons. The molecule has 3 nitrogen and oxygen atoms in total. The number of hydrogen-bond acceptors (Lipinski definition) is 4. The Balaban J connectivity index is 2.09. The lowest BCUT2D eigenvalue weighted by molar-refractivity contribution is 0.199. The quantitative estimate of drug-likeness (QED) is 0.780. The molecule has 5 heteroatoms. The largest absolute Gasteiger partial charge is 0.468 e. The molecule has 0 amide bonds. The lowest BCUT2D eigenvalue weighted by Gasteiger charge is -2.10. The van der Waals surface area contributed by atoms with E-state index in [2.05, 4.69) is 11.4 Å². The molecule has 2 rings (SSSR count). The molecule has 0 unspecified atom stereocenters. The van der Waals surface area contributed by atoms with Gasteiger partial charge >= 0.3 is 0 Å². The number of aryl methyl sites for hydroxylation is 1. The maximum atomic E-state index is 6.10. The number of furan rings is 1. The highest BCUT2D eigenvalue weighted by Crippen LogP contribution is 2.34. The second kappa shape index (κ2) is 7.74. The summed E-state index contributed by atoms with van der Waals surface area (Å²) >= 11 is 7.78. The molecule has 0 aliphatic rings. The van der Waals surface area contributed by atoms with Crippen molar-refractivity contribution in [2.24, 2.45) is 0 Å². The summed E-state index contributed by atoms with van der Waals surface area (Å²) < 4.78 is 10.4. The maximum Gasteiger partial charge on any atom is 0.114 e. The summed E-state index contributed by atoms with van der Waals surface area (Å²) in [5.41, 5.74) is 1.22. The molecule has 1 aromatic carbocycles. The predicted molar refractivity (Wildman–Crippen MR) is 82.6 cm³/mol. The minimum atomic E-state index is 0.705. The second-order valence-electron chi connectivity index (χ2n) is 4.36. The SMILES string of the molecule is COCCNCc1ccc(Cl)cc1Sc1ccoc1C. The first-order chi connectivity index (χ1) is 9.70. The molecular formula is C15H18ClNO2S. The van der Waals surface area contributed by atoms with Crippen molar-refractivity contribution in [3.05, 3.63) is 46.9 Å². The minimum Gasteiger partial charge on any atom is -0.468 e. The van der Waals surface area contributed by atoms with Gasteiger partial charge in [-0.3, -0.25) is 0 Å². The Kier molecular flexibility index (Phi) is 5.98. The summed E-state index contributed by atoms with van der Waals surface area (Å²) in [5, 5.41) is 4.10. The Labute approximate surface area is 128 Å². The van der Waals surface area contributed by atoms with Gasteiger partial charge in [0.2, 0.25) is 0 Å². The zero-order valence-corrected chi connectivity index (χ0v) is 13.2. The van der Waals surface area contributed by atoms with Gasteiger partial charge in [0.25, 0.3) is 0 Å². The number of methoxy groups -OCH3 is 1. The van der Waals surface area contributed by atoms with Gasteiger partial charge < -0.3 is 14.5 Å². The summed E-state index contributed by atoms with van der Waals surface area (Å²) in [6.07, 6.45) is 1.71. The highest BCUT2D eigenvalue weighted by molar-refractivity contribution is 7.99.